The minimum absolute atomic E-state index is 0.162. The predicted octanol–water partition coefficient (Wildman–Crippen LogP) is 6.70. The third-order valence-electron chi connectivity index (χ3n) is 5.84. The van der Waals surface area contributed by atoms with E-state index >= 15 is 0 Å². The molecule has 0 atom stereocenters. The highest BCUT2D eigenvalue weighted by Crippen LogP contribution is 2.31. The fourth-order valence-corrected chi connectivity index (χ4v) is 3.99. The summed E-state index contributed by atoms with van der Waals surface area (Å²) in [6.07, 6.45) is 5.28. The molecular weight excluding hydrogens is 434 g/mol. The van der Waals surface area contributed by atoms with Gasteiger partial charge in [0.15, 0.2) is 0 Å². The number of hydrogen-bond acceptors (Lipinski definition) is 5. The average Bonchev–Trinajstić information content (AvgIpc) is 2.89. The molecule has 3 aromatic carbocycles. The number of aromatic nitrogens is 2. The van der Waals surface area contributed by atoms with Gasteiger partial charge >= 0.3 is 0 Å². The number of carbonyl (C=O) groups is 1. The number of benzene rings is 3. The van der Waals surface area contributed by atoms with Gasteiger partial charge in [-0.25, -0.2) is 0 Å². The Morgan fingerprint density at radius 2 is 1.57 bits per heavy atom. The van der Waals surface area contributed by atoms with Gasteiger partial charge in [-0.15, -0.1) is 0 Å². The van der Waals surface area contributed by atoms with E-state index in [4.69, 9.17) is 0 Å². The lowest BCUT2D eigenvalue weighted by atomic mass is 10.1. The second-order valence-corrected chi connectivity index (χ2v) is 8.35. The number of rotatable bonds is 6. The largest absolute Gasteiger partial charge is 0.355 e. The number of hydrogen-bond donors (Lipinski definition) is 2. The van der Waals surface area contributed by atoms with E-state index in [-0.39, 0.29) is 5.91 Å². The number of pyridine rings is 2. The third kappa shape index (κ3) is 4.96. The van der Waals surface area contributed by atoms with E-state index in [1.807, 2.05) is 86.0 Å². The molecule has 35 heavy (non-hydrogen) atoms. The van der Waals surface area contributed by atoms with Gasteiger partial charge in [0, 0.05) is 59.3 Å². The van der Waals surface area contributed by atoms with Crippen LogP contribution in [-0.2, 0) is 0 Å². The van der Waals surface area contributed by atoms with Crippen molar-refractivity contribution in [3.8, 4) is 0 Å². The van der Waals surface area contributed by atoms with Crippen molar-refractivity contribution in [2.45, 2.75) is 6.92 Å². The zero-order valence-corrected chi connectivity index (χ0v) is 19.6. The van der Waals surface area contributed by atoms with Crippen molar-refractivity contribution in [2.24, 2.45) is 0 Å². The van der Waals surface area contributed by atoms with Gasteiger partial charge in [0.1, 0.15) is 0 Å². The van der Waals surface area contributed by atoms with E-state index in [0.29, 0.717) is 11.3 Å². The highest BCUT2D eigenvalue weighted by molar-refractivity contribution is 6.05. The summed E-state index contributed by atoms with van der Waals surface area (Å²) in [4.78, 5) is 23.5. The van der Waals surface area contributed by atoms with Crippen LogP contribution < -0.4 is 15.5 Å². The van der Waals surface area contributed by atoms with Crippen molar-refractivity contribution in [1.29, 1.82) is 0 Å². The molecule has 5 rings (SSSR count). The van der Waals surface area contributed by atoms with Crippen LogP contribution in [0.5, 0.6) is 0 Å². The second kappa shape index (κ2) is 9.65. The standard InChI is InChI=1S/C29H25N5O/c1-20-6-11-27-26(18-20)28(14-17-31-27)34(2)25-9-7-21(8-10-25)29(35)33-24-5-3-4-23(19-24)32-22-12-15-30-16-13-22/h3-19H,1-2H3,(H,30,32)(H,33,35). The zero-order chi connectivity index (χ0) is 24.2. The van der Waals surface area contributed by atoms with Crippen LogP contribution in [0.25, 0.3) is 10.9 Å². The van der Waals surface area contributed by atoms with Gasteiger partial charge in [-0.1, -0.05) is 17.7 Å². The van der Waals surface area contributed by atoms with E-state index in [2.05, 4.69) is 44.6 Å². The van der Waals surface area contributed by atoms with Crippen molar-refractivity contribution in [3.05, 3.63) is 115 Å². The SMILES string of the molecule is Cc1ccc2nccc(N(C)c3ccc(C(=O)Nc4cccc(Nc5ccncc5)c4)cc3)c2c1. The Morgan fingerprint density at radius 3 is 2.37 bits per heavy atom. The molecule has 2 aromatic heterocycles. The number of anilines is 5. The summed E-state index contributed by atoms with van der Waals surface area (Å²) >= 11 is 0. The van der Waals surface area contributed by atoms with Gasteiger partial charge in [0.05, 0.1) is 11.2 Å². The molecule has 2 N–H and O–H groups in total. The Morgan fingerprint density at radius 1 is 0.800 bits per heavy atom. The number of carbonyl (C=O) groups excluding carboxylic acids is 1. The molecule has 6 heteroatoms. The van der Waals surface area contributed by atoms with Gasteiger partial charge in [0.2, 0.25) is 0 Å². The first-order valence-corrected chi connectivity index (χ1v) is 11.3. The molecule has 0 saturated heterocycles. The molecule has 0 radical (unpaired) electrons. The summed E-state index contributed by atoms with van der Waals surface area (Å²) < 4.78 is 0. The first kappa shape index (κ1) is 22.1. The van der Waals surface area contributed by atoms with Crippen LogP contribution in [0.3, 0.4) is 0 Å². The number of fused-ring (bicyclic) bond motifs is 1. The molecule has 0 fully saturated rings. The van der Waals surface area contributed by atoms with Gasteiger partial charge in [-0.3, -0.25) is 14.8 Å². The first-order chi connectivity index (χ1) is 17.1. The monoisotopic (exact) mass is 459 g/mol. The fourth-order valence-electron chi connectivity index (χ4n) is 3.99. The maximum Gasteiger partial charge on any atom is 0.255 e. The van der Waals surface area contributed by atoms with Crippen LogP contribution in [0.4, 0.5) is 28.4 Å². The molecular formula is C29H25N5O. The molecule has 0 aliphatic rings. The van der Waals surface area contributed by atoms with Crippen LogP contribution in [0.2, 0.25) is 0 Å². The Bertz CT molecular complexity index is 1480. The second-order valence-electron chi connectivity index (χ2n) is 8.35. The number of nitrogens with zero attached hydrogens (tertiary/aromatic N) is 3. The predicted molar refractivity (Wildman–Crippen MR) is 143 cm³/mol. The summed E-state index contributed by atoms with van der Waals surface area (Å²) in [7, 11) is 2.02. The van der Waals surface area contributed by atoms with Gasteiger partial charge in [-0.2, -0.15) is 0 Å². The Balaban J connectivity index is 1.31. The van der Waals surface area contributed by atoms with Crippen molar-refractivity contribution in [1.82, 2.24) is 9.97 Å². The van der Waals surface area contributed by atoms with Gasteiger partial charge < -0.3 is 15.5 Å². The molecule has 0 saturated carbocycles. The Hall–Kier alpha value is -4.71. The smallest absolute Gasteiger partial charge is 0.255 e. The first-order valence-electron chi connectivity index (χ1n) is 11.3. The molecule has 0 aliphatic heterocycles. The lowest BCUT2D eigenvalue weighted by molar-refractivity contribution is 0.102. The van der Waals surface area contributed by atoms with E-state index in [1.54, 1.807) is 12.4 Å². The topological polar surface area (TPSA) is 70.2 Å². The molecule has 0 bridgehead atoms. The Kier molecular flexibility index (Phi) is 6.09. The van der Waals surface area contributed by atoms with E-state index in [0.717, 1.165) is 33.7 Å². The summed E-state index contributed by atoms with van der Waals surface area (Å²) in [6.45, 7) is 2.08. The normalized spacial score (nSPS) is 10.7. The van der Waals surface area contributed by atoms with Gasteiger partial charge in [0.25, 0.3) is 5.91 Å². The zero-order valence-electron chi connectivity index (χ0n) is 19.6. The maximum absolute atomic E-state index is 12.9. The van der Waals surface area contributed by atoms with Crippen LogP contribution in [0.1, 0.15) is 15.9 Å². The number of aryl methyl sites for hydroxylation is 1. The molecule has 0 aliphatic carbocycles. The minimum atomic E-state index is -0.162. The van der Waals surface area contributed by atoms with E-state index < -0.39 is 0 Å². The average molecular weight is 460 g/mol. The van der Waals surface area contributed by atoms with E-state index in [1.165, 1.54) is 5.56 Å². The van der Waals surface area contributed by atoms with Crippen LogP contribution >= 0.6 is 0 Å². The molecule has 2 heterocycles. The van der Waals surface area contributed by atoms with Crippen molar-refractivity contribution in [3.63, 3.8) is 0 Å². The molecule has 0 unspecified atom stereocenters. The highest BCUT2D eigenvalue weighted by Gasteiger charge is 2.11. The maximum atomic E-state index is 12.9. The lowest BCUT2D eigenvalue weighted by Gasteiger charge is -2.21. The van der Waals surface area contributed by atoms with Crippen molar-refractivity contribution >= 4 is 45.2 Å². The molecule has 172 valence electrons. The van der Waals surface area contributed by atoms with Crippen molar-refractivity contribution < 1.29 is 4.79 Å². The lowest BCUT2D eigenvalue weighted by Crippen LogP contribution is -2.13. The van der Waals surface area contributed by atoms with Crippen molar-refractivity contribution in [2.75, 3.05) is 22.6 Å². The molecule has 5 aromatic rings. The summed E-state index contributed by atoms with van der Waals surface area (Å²) in [5, 5.41) is 7.38. The Labute approximate surface area is 204 Å². The highest BCUT2D eigenvalue weighted by atomic mass is 16.1. The minimum Gasteiger partial charge on any atom is -0.355 e. The summed E-state index contributed by atoms with van der Waals surface area (Å²) in [6, 6.07) is 27.3. The molecule has 6 nitrogen and oxygen atoms in total. The molecule has 1 amide bonds. The van der Waals surface area contributed by atoms with E-state index in [9.17, 15) is 4.79 Å². The summed E-state index contributed by atoms with van der Waals surface area (Å²) in [5.41, 5.74) is 7.31. The fraction of sp³-hybridized carbons (Fsp3) is 0.0690. The number of nitrogens with one attached hydrogen (secondary N) is 2. The molecule has 0 spiro atoms. The number of amides is 1. The third-order valence-corrected chi connectivity index (χ3v) is 5.84. The van der Waals surface area contributed by atoms with Crippen LogP contribution in [0.15, 0.2) is 104 Å². The quantitative estimate of drug-likeness (QED) is 0.296. The summed E-state index contributed by atoms with van der Waals surface area (Å²) in [5.74, 6) is -0.162. The van der Waals surface area contributed by atoms with Crippen LogP contribution in [-0.4, -0.2) is 22.9 Å². The van der Waals surface area contributed by atoms with Crippen LogP contribution in [0, 0.1) is 6.92 Å². The van der Waals surface area contributed by atoms with Gasteiger partial charge in [-0.05, 0) is 79.7 Å².